The maximum Gasteiger partial charge on any atom is 0.514 e. The van der Waals surface area contributed by atoms with Crippen molar-refractivity contribution in [2.45, 2.75) is 52.6 Å². The number of carbonyl (C=O) groups is 2. The van der Waals surface area contributed by atoms with Gasteiger partial charge < -0.3 is 14.8 Å². The highest BCUT2D eigenvalue weighted by atomic mass is 16.5. The second-order valence-electron chi connectivity index (χ2n) is 6.81. The molecule has 1 amide bonds. The van der Waals surface area contributed by atoms with Crippen LogP contribution in [-0.4, -0.2) is 45.3 Å². The summed E-state index contributed by atoms with van der Waals surface area (Å²) in [6.07, 6.45) is -0.229. The number of ether oxygens (including phenoxy) is 1. The van der Waals surface area contributed by atoms with Crippen LogP contribution in [0, 0.1) is 0 Å². The minimum atomic E-state index is -0.829. The number of aromatic nitrogens is 1. The van der Waals surface area contributed by atoms with Gasteiger partial charge in [-0.3, -0.25) is 0 Å². The Balaban J connectivity index is 2.47. The molecule has 1 aliphatic rings. The van der Waals surface area contributed by atoms with Gasteiger partial charge in [-0.05, 0) is 40.7 Å². The second kappa shape index (κ2) is 5.43. The van der Waals surface area contributed by atoms with Crippen molar-refractivity contribution in [3.63, 3.8) is 0 Å². The highest BCUT2D eigenvalue weighted by molar-refractivity contribution is 5.88. The minimum Gasteiger partial charge on any atom is -0.461 e. The standard InChI is InChI=1S/C16H24N2O4/c1-6-22-14(19)13-9-11-10(2)18(15(20)21,16(3,4)5)8-7-12(11)17-13/h9-10H,6-8H2,1-5H3,(H-,17,19,20,21)/p+1. The number of quaternary nitrogens is 1. The molecule has 2 N–H and O–H groups in total. The molecule has 0 aliphatic carbocycles. The Morgan fingerprint density at radius 1 is 1.45 bits per heavy atom. The smallest absolute Gasteiger partial charge is 0.461 e. The maximum atomic E-state index is 12.1. The summed E-state index contributed by atoms with van der Waals surface area (Å²) in [6.45, 7) is 10.3. The van der Waals surface area contributed by atoms with Crippen LogP contribution in [0.3, 0.4) is 0 Å². The number of hydrogen-bond donors (Lipinski definition) is 2. The molecule has 2 rings (SSSR count). The Morgan fingerprint density at radius 3 is 2.59 bits per heavy atom. The van der Waals surface area contributed by atoms with E-state index in [0.29, 0.717) is 25.3 Å². The van der Waals surface area contributed by atoms with E-state index in [2.05, 4.69) is 4.98 Å². The fraction of sp³-hybridized carbons (Fsp3) is 0.625. The molecule has 0 aromatic carbocycles. The fourth-order valence-corrected chi connectivity index (χ4v) is 3.60. The lowest BCUT2D eigenvalue weighted by molar-refractivity contribution is -0.932. The van der Waals surface area contributed by atoms with Crippen LogP contribution in [0.2, 0.25) is 0 Å². The molecule has 2 atom stereocenters. The molecule has 122 valence electrons. The van der Waals surface area contributed by atoms with Crippen LogP contribution in [0.1, 0.15) is 62.4 Å². The highest BCUT2D eigenvalue weighted by Crippen LogP contribution is 2.42. The van der Waals surface area contributed by atoms with Gasteiger partial charge in [0.15, 0.2) is 0 Å². The first-order valence-corrected chi connectivity index (χ1v) is 7.65. The van der Waals surface area contributed by atoms with E-state index in [-0.39, 0.29) is 10.5 Å². The number of carboxylic acid groups (broad SMARTS) is 1. The van der Waals surface area contributed by atoms with Crippen LogP contribution in [0.4, 0.5) is 4.79 Å². The van der Waals surface area contributed by atoms with Crippen molar-refractivity contribution < 1.29 is 23.9 Å². The lowest BCUT2D eigenvalue weighted by atomic mass is 9.89. The van der Waals surface area contributed by atoms with Gasteiger partial charge in [-0.15, -0.1) is 0 Å². The third-order valence-corrected chi connectivity index (χ3v) is 4.79. The minimum absolute atomic E-state index is 0.0415. The molecule has 6 heteroatoms. The summed E-state index contributed by atoms with van der Waals surface area (Å²) in [7, 11) is 0. The van der Waals surface area contributed by atoms with Crippen LogP contribution in [-0.2, 0) is 11.2 Å². The van der Waals surface area contributed by atoms with Gasteiger partial charge in [0.2, 0.25) is 0 Å². The van der Waals surface area contributed by atoms with E-state index < -0.39 is 17.6 Å². The number of fused-ring (bicyclic) bond motifs is 1. The molecule has 0 saturated carbocycles. The topological polar surface area (TPSA) is 79.4 Å². The lowest BCUT2D eigenvalue weighted by Crippen LogP contribution is -2.66. The third kappa shape index (κ3) is 2.31. The Kier molecular flexibility index (Phi) is 4.08. The number of esters is 1. The van der Waals surface area contributed by atoms with E-state index in [0.717, 1.165) is 11.3 Å². The summed E-state index contributed by atoms with van der Waals surface area (Å²) in [5, 5.41) is 9.89. The van der Waals surface area contributed by atoms with E-state index in [1.54, 1.807) is 13.0 Å². The van der Waals surface area contributed by atoms with Crippen molar-refractivity contribution in [2.24, 2.45) is 0 Å². The van der Waals surface area contributed by atoms with Gasteiger partial charge in [0.25, 0.3) is 0 Å². The number of nitrogens with one attached hydrogen (secondary N) is 1. The van der Waals surface area contributed by atoms with Crippen molar-refractivity contribution in [2.75, 3.05) is 13.2 Å². The van der Waals surface area contributed by atoms with Gasteiger partial charge in [0.05, 0.1) is 13.2 Å². The molecule has 6 nitrogen and oxygen atoms in total. The van der Waals surface area contributed by atoms with E-state index >= 15 is 0 Å². The zero-order valence-electron chi connectivity index (χ0n) is 13.9. The average Bonchev–Trinajstić information content (AvgIpc) is 2.82. The molecule has 1 aromatic rings. The summed E-state index contributed by atoms with van der Waals surface area (Å²) >= 11 is 0. The molecule has 2 unspecified atom stereocenters. The summed E-state index contributed by atoms with van der Waals surface area (Å²) in [5.41, 5.74) is 1.80. The normalized spacial score (nSPS) is 24.7. The van der Waals surface area contributed by atoms with Gasteiger partial charge in [-0.25, -0.2) is 9.28 Å². The first kappa shape index (κ1) is 16.5. The second-order valence-corrected chi connectivity index (χ2v) is 6.81. The van der Waals surface area contributed by atoms with E-state index in [4.69, 9.17) is 4.74 Å². The molecule has 0 saturated heterocycles. The molecular formula is C16H25N2O4+. The lowest BCUT2D eigenvalue weighted by Gasteiger charge is -2.49. The average molecular weight is 309 g/mol. The SMILES string of the molecule is CCOC(=O)c1cc2c([nH]1)CC[N+](C(=O)O)(C(C)(C)C)C2C. The Hall–Kier alpha value is -1.82. The van der Waals surface area contributed by atoms with Crippen molar-refractivity contribution in [3.05, 3.63) is 23.0 Å². The van der Waals surface area contributed by atoms with Gasteiger partial charge in [-0.1, -0.05) is 0 Å². The predicted octanol–water partition coefficient (Wildman–Crippen LogP) is 3.10. The van der Waals surface area contributed by atoms with E-state index in [1.165, 1.54) is 0 Å². The highest BCUT2D eigenvalue weighted by Gasteiger charge is 2.55. The van der Waals surface area contributed by atoms with Crippen LogP contribution < -0.4 is 0 Å². The number of hydrogen-bond acceptors (Lipinski definition) is 3. The monoisotopic (exact) mass is 309 g/mol. The quantitative estimate of drug-likeness (QED) is 0.650. The summed E-state index contributed by atoms with van der Waals surface area (Å²) < 4.78 is 4.97. The van der Waals surface area contributed by atoms with Gasteiger partial charge >= 0.3 is 12.1 Å². The zero-order valence-corrected chi connectivity index (χ0v) is 13.9. The van der Waals surface area contributed by atoms with Crippen molar-refractivity contribution in [3.8, 4) is 0 Å². The molecule has 22 heavy (non-hydrogen) atoms. The molecule has 0 radical (unpaired) electrons. The number of amides is 1. The molecule has 0 fully saturated rings. The first-order chi connectivity index (χ1) is 10.1. The molecule has 0 bridgehead atoms. The Bertz CT molecular complexity index is 600. The number of rotatable bonds is 2. The van der Waals surface area contributed by atoms with E-state index in [1.807, 2.05) is 27.7 Å². The Morgan fingerprint density at radius 2 is 2.09 bits per heavy atom. The molecule has 1 aliphatic heterocycles. The summed E-state index contributed by atoms with van der Waals surface area (Å²) in [5.74, 6) is -0.395. The molecule has 1 aromatic heterocycles. The largest absolute Gasteiger partial charge is 0.514 e. The Labute approximate surface area is 130 Å². The summed E-state index contributed by atoms with van der Waals surface area (Å²) in [4.78, 5) is 27.0. The van der Waals surface area contributed by atoms with Crippen LogP contribution in [0.5, 0.6) is 0 Å². The van der Waals surface area contributed by atoms with Gasteiger partial charge in [-0.2, -0.15) is 4.79 Å². The molecule has 0 spiro atoms. The van der Waals surface area contributed by atoms with Crippen LogP contribution >= 0.6 is 0 Å². The fourth-order valence-electron chi connectivity index (χ4n) is 3.60. The van der Waals surface area contributed by atoms with Crippen molar-refractivity contribution in [1.29, 1.82) is 0 Å². The first-order valence-electron chi connectivity index (χ1n) is 7.65. The van der Waals surface area contributed by atoms with Crippen LogP contribution in [0.15, 0.2) is 6.07 Å². The van der Waals surface area contributed by atoms with E-state index in [9.17, 15) is 14.7 Å². The predicted molar refractivity (Wildman–Crippen MR) is 81.8 cm³/mol. The third-order valence-electron chi connectivity index (χ3n) is 4.79. The van der Waals surface area contributed by atoms with Crippen LogP contribution in [0.25, 0.3) is 0 Å². The summed E-state index contributed by atoms with van der Waals surface area (Å²) in [6, 6.07) is 1.51. The zero-order chi connectivity index (χ0) is 16.7. The molecular weight excluding hydrogens is 284 g/mol. The number of carbonyl (C=O) groups excluding carboxylic acids is 1. The van der Waals surface area contributed by atoms with Crippen molar-refractivity contribution in [1.82, 2.24) is 4.98 Å². The molecule has 2 heterocycles. The van der Waals surface area contributed by atoms with Gasteiger partial charge in [0, 0.05) is 17.7 Å². The van der Waals surface area contributed by atoms with Crippen molar-refractivity contribution >= 4 is 12.1 Å². The van der Waals surface area contributed by atoms with Gasteiger partial charge in [0.1, 0.15) is 17.3 Å². The number of H-pyrrole nitrogens is 1. The number of aromatic amines is 1. The number of nitrogens with zero attached hydrogens (tertiary/aromatic N) is 1. The maximum absolute atomic E-state index is 12.1.